The minimum Gasteiger partial charge on any atom is -0.497 e. The monoisotopic (exact) mass is 411 g/mol. The van der Waals surface area contributed by atoms with Crippen molar-refractivity contribution in [3.8, 4) is 11.5 Å². The smallest absolute Gasteiger partial charge is 0.235 e. The minimum absolute atomic E-state index is 0.196. The van der Waals surface area contributed by atoms with Gasteiger partial charge in [-0.25, -0.2) is 0 Å². The fourth-order valence-electron chi connectivity index (χ4n) is 4.58. The van der Waals surface area contributed by atoms with E-state index in [9.17, 15) is 9.59 Å². The highest BCUT2D eigenvalue weighted by Crippen LogP contribution is 2.52. The summed E-state index contributed by atoms with van der Waals surface area (Å²) < 4.78 is 21.8. The molecule has 9 heteroatoms. The van der Waals surface area contributed by atoms with Gasteiger partial charge in [-0.2, -0.15) is 0 Å². The van der Waals surface area contributed by atoms with Crippen LogP contribution in [0.4, 0.5) is 11.5 Å². The number of carbonyl (C=O) groups excluding carboxylic acids is 2. The molecule has 1 spiro atoms. The Balaban J connectivity index is 1.42. The first-order chi connectivity index (χ1) is 14.4. The van der Waals surface area contributed by atoms with E-state index in [2.05, 4.69) is 10.5 Å². The number of nitrogens with zero attached hydrogens (tertiary/aromatic N) is 2. The molecule has 2 aromatic rings. The molecule has 2 unspecified atom stereocenters. The van der Waals surface area contributed by atoms with Gasteiger partial charge in [-0.05, 0) is 6.92 Å². The maximum Gasteiger partial charge on any atom is 0.235 e. The first-order valence-electron chi connectivity index (χ1n) is 9.60. The number of methoxy groups -OCH3 is 2. The summed E-state index contributed by atoms with van der Waals surface area (Å²) in [6, 6.07) is 6.80. The van der Waals surface area contributed by atoms with E-state index in [1.807, 2.05) is 12.2 Å². The van der Waals surface area contributed by atoms with Gasteiger partial charge in [0.2, 0.25) is 11.8 Å². The molecule has 3 aliphatic rings. The summed E-state index contributed by atoms with van der Waals surface area (Å²) in [6.45, 7) is 2.06. The van der Waals surface area contributed by atoms with Crippen molar-refractivity contribution in [3.63, 3.8) is 0 Å². The van der Waals surface area contributed by atoms with Gasteiger partial charge in [0.05, 0.1) is 38.7 Å². The van der Waals surface area contributed by atoms with E-state index >= 15 is 0 Å². The zero-order valence-corrected chi connectivity index (χ0v) is 16.7. The van der Waals surface area contributed by atoms with Crippen molar-refractivity contribution in [1.29, 1.82) is 0 Å². The van der Waals surface area contributed by atoms with Crippen molar-refractivity contribution < 1.29 is 28.3 Å². The average Bonchev–Trinajstić information content (AvgIpc) is 3.48. The van der Waals surface area contributed by atoms with Crippen LogP contribution in [0.15, 0.2) is 40.9 Å². The Labute approximate surface area is 172 Å². The number of hydrogen-bond donors (Lipinski definition) is 1. The fraction of sp³-hybridized carbons (Fsp3) is 0.381. The molecule has 9 nitrogen and oxygen atoms in total. The number of rotatable bonds is 5. The van der Waals surface area contributed by atoms with Crippen LogP contribution in [-0.2, 0) is 14.3 Å². The largest absolute Gasteiger partial charge is 0.497 e. The maximum atomic E-state index is 13.3. The van der Waals surface area contributed by atoms with Gasteiger partial charge in [-0.15, -0.1) is 0 Å². The minimum atomic E-state index is -0.831. The Bertz CT molecular complexity index is 1040. The Morgan fingerprint density at radius 3 is 2.60 bits per heavy atom. The summed E-state index contributed by atoms with van der Waals surface area (Å²) in [5, 5.41) is 6.84. The number of carbonyl (C=O) groups is 2. The summed E-state index contributed by atoms with van der Waals surface area (Å²) in [4.78, 5) is 28.0. The highest BCUT2D eigenvalue weighted by molar-refractivity contribution is 6.05. The Morgan fingerprint density at radius 2 is 1.97 bits per heavy atom. The number of amides is 2. The molecular weight excluding hydrogens is 390 g/mol. The number of aryl methyl sites for hydroxylation is 1. The molecule has 0 radical (unpaired) electrons. The van der Waals surface area contributed by atoms with Gasteiger partial charge in [0.15, 0.2) is 5.82 Å². The fourth-order valence-corrected chi connectivity index (χ4v) is 4.58. The second kappa shape index (κ2) is 6.60. The van der Waals surface area contributed by atoms with E-state index in [4.69, 9.17) is 18.7 Å². The number of hydrogen-bond acceptors (Lipinski definition) is 7. The number of aromatic nitrogens is 1. The number of benzene rings is 1. The predicted molar refractivity (Wildman–Crippen MR) is 105 cm³/mol. The molecule has 156 valence electrons. The number of fused-ring (bicyclic) bond motifs is 1. The Morgan fingerprint density at radius 1 is 1.23 bits per heavy atom. The topological polar surface area (TPSA) is 103 Å². The van der Waals surface area contributed by atoms with Crippen molar-refractivity contribution in [3.05, 3.63) is 42.2 Å². The van der Waals surface area contributed by atoms with Gasteiger partial charge in [-0.3, -0.25) is 14.5 Å². The third-order valence-electron chi connectivity index (χ3n) is 5.91. The summed E-state index contributed by atoms with van der Waals surface area (Å²) in [5.74, 6) is 0.364. The van der Waals surface area contributed by atoms with Crippen LogP contribution in [0.25, 0.3) is 0 Å². The van der Waals surface area contributed by atoms with Crippen LogP contribution in [0.5, 0.6) is 11.5 Å². The van der Waals surface area contributed by atoms with E-state index in [1.54, 1.807) is 31.2 Å². The lowest BCUT2D eigenvalue weighted by Crippen LogP contribution is -2.41. The second-order valence-electron chi connectivity index (χ2n) is 7.71. The summed E-state index contributed by atoms with van der Waals surface area (Å²) in [7, 11) is 3.08. The molecule has 2 amide bonds. The van der Waals surface area contributed by atoms with Crippen molar-refractivity contribution >= 4 is 23.3 Å². The van der Waals surface area contributed by atoms with E-state index in [0.29, 0.717) is 35.3 Å². The molecule has 0 saturated carbocycles. The Kier molecular flexibility index (Phi) is 4.11. The van der Waals surface area contributed by atoms with Gasteiger partial charge in [0.1, 0.15) is 22.9 Å². The molecule has 2 saturated heterocycles. The molecular formula is C21H21N3O6. The molecule has 2 bridgehead atoms. The van der Waals surface area contributed by atoms with Crippen LogP contribution in [0.2, 0.25) is 0 Å². The van der Waals surface area contributed by atoms with Gasteiger partial charge < -0.3 is 24.1 Å². The molecule has 1 N–H and O–H groups in total. The Hall–Kier alpha value is -3.33. The van der Waals surface area contributed by atoms with Crippen LogP contribution >= 0.6 is 0 Å². The van der Waals surface area contributed by atoms with Crippen molar-refractivity contribution in [2.75, 3.05) is 31.0 Å². The lowest BCUT2D eigenvalue weighted by molar-refractivity contribution is -0.128. The van der Waals surface area contributed by atoms with Crippen LogP contribution in [0.3, 0.4) is 0 Å². The molecule has 4 atom stereocenters. The zero-order valence-electron chi connectivity index (χ0n) is 16.7. The highest BCUT2D eigenvalue weighted by Gasteiger charge is 2.67. The first kappa shape index (κ1) is 18.7. The lowest BCUT2D eigenvalue weighted by Gasteiger charge is -2.23. The number of ether oxygens (including phenoxy) is 3. The van der Waals surface area contributed by atoms with Crippen LogP contribution < -0.4 is 19.7 Å². The third kappa shape index (κ3) is 2.69. The zero-order chi connectivity index (χ0) is 21.0. The molecule has 30 heavy (non-hydrogen) atoms. The SMILES string of the molecule is COc1cc(NC(=O)C2C3C(=O)N(c4cc(C)on4)C[C@@]34C=C[C@@H]2O4)cc(OC)c1. The summed E-state index contributed by atoms with van der Waals surface area (Å²) in [6.07, 6.45) is 3.30. The number of anilines is 2. The quantitative estimate of drug-likeness (QED) is 0.750. The van der Waals surface area contributed by atoms with Gasteiger partial charge in [0.25, 0.3) is 0 Å². The van der Waals surface area contributed by atoms with Gasteiger partial charge in [0, 0.05) is 30.0 Å². The van der Waals surface area contributed by atoms with Gasteiger partial charge in [-0.1, -0.05) is 17.3 Å². The molecule has 5 rings (SSSR count). The standard InChI is InChI=1S/C21H21N3O6/c1-11-6-16(23-30-11)24-10-21-5-4-15(29-21)17(18(21)20(24)26)19(25)22-12-7-13(27-2)9-14(8-12)28-3/h4-9,15,17-18H,10H2,1-3H3,(H,22,25)/t15-,17?,18?,21-/m0/s1. The highest BCUT2D eigenvalue weighted by atomic mass is 16.5. The third-order valence-corrected chi connectivity index (χ3v) is 5.91. The summed E-state index contributed by atoms with van der Waals surface area (Å²) in [5.41, 5.74) is -0.311. The van der Waals surface area contributed by atoms with Gasteiger partial charge >= 0.3 is 0 Å². The van der Waals surface area contributed by atoms with E-state index < -0.39 is 23.5 Å². The van der Waals surface area contributed by atoms with Crippen molar-refractivity contribution in [2.45, 2.75) is 18.6 Å². The van der Waals surface area contributed by atoms with Crippen molar-refractivity contribution in [2.24, 2.45) is 11.8 Å². The van der Waals surface area contributed by atoms with E-state index in [0.717, 1.165) is 0 Å². The lowest BCUT2D eigenvalue weighted by atomic mass is 9.77. The molecule has 1 aromatic heterocycles. The molecule has 4 heterocycles. The number of nitrogens with one attached hydrogen (secondary N) is 1. The summed E-state index contributed by atoms with van der Waals surface area (Å²) >= 11 is 0. The molecule has 3 aliphatic heterocycles. The molecule has 0 aliphatic carbocycles. The van der Waals surface area contributed by atoms with Crippen LogP contribution in [0, 0.1) is 18.8 Å². The average molecular weight is 411 g/mol. The van der Waals surface area contributed by atoms with Crippen LogP contribution in [0.1, 0.15) is 5.76 Å². The van der Waals surface area contributed by atoms with E-state index in [1.165, 1.54) is 19.1 Å². The first-order valence-corrected chi connectivity index (χ1v) is 9.60. The maximum absolute atomic E-state index is 13.3. The normalized spacial score (nSPS) is 28.7. The van der Waals surface area contributed by atoms with Crippen LogP contribution in [-0.4, -0.2) is 49.4 Å². The molecule has 2 fully saturated rings. The second-order valence-corrected chi connectivity index (χ2v) is 7.71. The molecule has 1 aromatic carbocycles. The van der Waals surface area contributed by atoms with Crippen molar-refractivity contribution in [1.82, 2.24) is 5.16 Å². The van der Waals surface area contributed by atoms with E-state index in [-0.39, 0.29) is 11.8 Å². The predicted octanol–water partition coefficient (Wildman–Crippen LogP) is 1.93.